The molecule has 0 unspecified atom stereocenters. The van der Waals surface area contributed by atoms with Gasteiger partial charge >= 0.3 is 0 Å². The standard InChI is InChI=1S/C21H29FN4O2/c1-3-23-21(26-13-10-19(11-14-26)27-4-2)24-12-9-18-15-28-20(25-18)16-5-7-17(22)8-6-16/h5-8,15,19H,3-4,9-14H2,1-2H3,(H,23,24). The third kappa shape index (κ3) is 5.55. The van der Waals surface area contributed by atoms with Gasteiger partial charge in [-0.25, -0.2) is 9.37 Å². The Balaban J connectivity index is 1.55. The largest absolute Gasteiger partial charge is 0.444 e. The lowest BCUT2D eigenvalue weighted by molar-refractivity contribution is 0.0264. The highest BCUT2D eigenvalue weighted by molar-refractivity contribution is 5.80. The number of ether oxygens (including phenoxy) is 1. The van der Waals surface area contributed by atoms with Gasteiger partial charge in [-0.05, 0) is 51.0 Å². The number of piperidine rings is 1. The lowest BCUT2D eigenvalue weighted by Gasteiger charge is -2.34. The molecule has 1 aliphatic rings. The molecular weight excluding hydrogens is 359 g/mol. The van der Waals surface area contributed by atoms with Crippen LogP contribution in [0, 0.1) is 5.82 Å². The molecule has 6 nitrogen and oxygen atoms in total. The van der Waals surface area contributed by atoms with E-state index in [0.717, 1.165) is 56.3 Å². The molecule has 0 aliphatic carbocycles. The van der Waals surface area contributed by atoms with Gasteiger partial charge in [-0.2, -0.15) is 0 Å². The van der Waals surface area contributed by atoms with E-state index in [1.807, 2.05) is 6.92 Å². The number of halogens is 1. The number of guanidine groups is 1. The molecule has 3 rings (SSSR count). The van der Waals surface area contributed by atoms with Crippen molar-refractivity contribution in [1.29, 1.82) is 0 Å². The van der Waals surface area contributed by atoms with Crippen molar-refractivity contribution in [3.8, 4) is 11.5 Å². The number of hydrogen-bond acceptors (Lipinski definition) is 4. The smallest absolute Gasteiger partial charge is 0.226 e. The lowest BCUT2D eigenvalue weighted by Crippen LogP contribution is -2.47. The maximum absolute atomic E-state index is 13.0. The van der Waals surface area contributed by atoms with Crippen molar-refractivity contribution >= 4 is 5.96 Å². The highest BCUT2D eigenvalue weighted by atomic mass is 19.1. The Morgan fingerprint density at radius 1 is 1.29 bits per heavy atom. The van der Waals surface area contributed by atoms with Gasteiger partial charge in [0.25, 0.3) is 0 Å². The molecule has 7 heteroatoms. The van der Waals surface area contributed by atoms with Gasteiger partial charge in [-0.3, -0.25) is 4.99 Å². The van der Waals surface area contributed by atoms with Crippen LogP contribution in [0.25, 0.3) is 11.5 Å². The number of benzene rings is 1. The van der Waals surface area contributed by atoms with Crippen LogP contribution in [0.15, 0.2) is 39.9 Å². The summed E-state index contributed by atoms with van der Waals surface area (Å²) in [5.41, 5.74) is 1.61. The maximum atomic E-state index is 13.0. The molecule has 0 amide bonds. The first-order valence-corrected chi connectivity index (χ1v) is 10.0. The molecule has 1 aliphatic heterocycles. The van der Waals surface area contributed by atoms with Gasteiger partial charge in [0, 0.05) is 44.8 Å². The summed E-state index contributed by atoms with van der Waals surface area (Å²) in [4.78, 5) is 11.5. The number of nitrogens with zero attached hydrogens (tertiary/aromatic N) is 3. The number of aliphatic imine (C=N–C) groups is 1. The van der Waals surface area contributed by atoms with Crippen LogP contribution in [0.2, 0.25) is 0 Å². The van der Waals surface area contributed by atoms with E-state index in [2.05, 4.69) is 22.1 Å². The predicted molar refractivity (Wildman–Crippen MR) is 108 cm³/mol. The van der Waals surface area contributed by atoms with E-state index >= 15 is 0 Å². The van der Waals surface area contributed by atoms with Gasteiger partial charge in [0.1, 0.15) is 12.1 Å². The molecule has 0 atom stereocenters. The number of aromatic nitrogens is 1. The van der Waals surface area contributed by atoms with Gasteiger partial charge in [0.05, 0.1) is 11.8 Å². The molecule has 28 heavy (non-hydrogen) atoms. The van der Waals surface area contributed by atoms with E-state index in [4.69, 9.17) is 14.1 Å². The summed E-state index contributed by atoms with van der Waals surface area (Å²) in [5, 5.41) is 3.38. The minimum atomic E-state index is -0.272. The van der Waals surface area contributed by atoms with Crippen molar-refractivity contribution in [1.82, 2.24) is 15.2 Å². The van der Waals surface area contributed by atoms with E-state index in [0.29, 0.717) is 25.0 Å². The van der Waals surface area contributed by atoms with E-state index in [-0.39, 0.29) is 5.82 Å². The van der Waals surface area contributed by atoms with Gasteiger partial charge in [-0.15, -0.1) is 0 Å². The molecule has 2 heterocycles. The summed E-state index contributed by atoms with van der Waals surface area (Å²) in [6.07, 6.45) is 4.76. The average molecular weight is 388 g/mol. The van der Waals surface area contributed by atoms with Crippen molar-refractivity contribution in [3.05, 3.63) is 42.0 Å². The summed E-state index contributed by atoms with van der Waals surface area (Å²) in [6, 6.07) is 6.14. The summed E-state index contributed by atoms with van der Waals surface area (Å²) in [5.74, 6) is 1.18. The first kappa shape index (κ1) is 20.3. The Morgan fingerprint density at radius 2 is 2.04 bits per heavy atom. The zero-order chi connectivity index (χ0) is 19.8. The highest BCUT2D eigenvalue weighted by Crippen LogP contribution is 2.19. The molecule has 1 aromatic carbocycles. The summed E-state index contributed by atoms with van der Waals surface area (Å²) in [7, 11) is 0. The van der Waals surface area contributed by atoms with Crippen molar-refractivity contribution in [2.45, 2.75) is 39.2 Å². The van der Waals surface area contributed by atoms with Gasteiger partial charge in [0.2, 0.25) is 5.89 Å². The molecule has 2 aromatic rings. The second kappa shape index (κ2) is 10.2. The minimum Gasteiger partial charge on any atom is -0.444 e. The molecule has 1 saturated heterocycles. The first-order valence-electron chi connectivity index (χ1n) is 10.0. The van der Waals surface area contributed by atoms with Crippen molar-refractivity contribution in [3.63, 3.8) is 0 Å². The summed E-state index contributed by atoms with van der Waals surface area (Å²) >= 11 is 0. The lowest BCUT2D eigenvalue weighted by atomic mass is 10.1. The number of hydrogen-bond donors (Lipinski definition) is 1. The van der Waals surface area contributed by atoms with E-state index in [1.54, 1.807) is 18.4 Å². The molecular formula is C21H29FN4O2. The van der Waals surface area contributed by atoms with Crippen molar-refractivity contribution < 1.29 is 13.5 Å². The average Bonchev–Trinajstić information content (AvgIpc) is 3.18. The van der Waals surface area contributed by atoms with Crippen LogP contribution < -0.4 is 5.32 Å². The van der Waals surface area contributed by atoms with E-state index < -0.39 is 0 Å². The van der Waals surface area contributed by atoms with Gasteiger partial charge in [0.15, 0.2) is 5.96 Å². The Bertz CT molecular complexity index is 752. The quantitative estimate of drug-likeness (QED) is 0.581. The zero-order valence-electron chi connectivity index (χ0n) is 16.7. The van der Waals surface area contributed by atoms with Crippen LogP contribution >= 0.6 is 0 Å². The normalized spacial score (nSPS) is 15.8. The second-order valence-electron chi connectivity index (χ2n) is 6.78. The molecule has 0 bridgehead atoms. The molecule has 1 aromatic heterocycles. The molecule has 0 spiro atoms. The van der Waals surface area contributed by atoms with Crippen LogP contribution in [0.3, 0.4) is 0 Å². The number of likely N-dealkylation sites (tertiary alicyclic amines) is 1. The third-order valence-corrected chi connectivity index (χ3v) is 4.75. The molecule has 152 valence electrons. The van der Waals surface area contributed by atoms with E-state index in [1.165, 1.54) is 12.1 Å². The number of nitrogens with one attached hydrogen (secondary N) is 1. The monoisotopic (exact) mass is 388 g/mol. The fraction of sp³-hybridized carbons (Fsp3) is 0.524. The Kier molecular flexibility index (Phi) is 7.42. The minimum absolute atomic E-state index is 0.272. The third-order valence-electron chi connectivity index (χ3n) is 4.75. The number of oxazole rings is 1. The maximum Gasteiger partial charge on any atom is 0.226 e. The van der Waals surface area contributed by atoms with Crippen molar-refractivity contribution in [2.24, 2.45) is 4.99 Å². The van der Waals surface area contributed by atoms with Crippen LogP contribution in [-0.4, -0.2) is 54.7 Å². The van der Waals surface area contributed by atoms with E-state index in [9.17, 15) is 4.39 Å². The molecule has 1 N–H and O–H groups in total. The van der Waals surface area contributed by atoms with Crippen LogP contribution in [-0.2, 0) is 11.2 Å². The van der Waals surface area contributed by atoms with Gasteiger partial charge in [-0.1, -0.05) is 0 Å². The van der Waals surface area contributed by atoms with Crippen LogP contribution in [0.1, 0.15) is 32.4 Å². The fourth-order valence-corrected chi connectivity index (χ4v) is 3.32. The molecule has 0 radical (unpaired) electrons. The Labute approximate surface area is 165 Å². The Morgan fingerprint density at radius 3 is 2.71 bits per heavy atom. The summed E-state index contributed by atoms with van der Waals surface area (Å²) < 4.78 is 24.3. The highest BCUT2D eigenvalue weighted by Gasteiger charge is 2.21. The topological polar surface area (TPSA) is 62.9 Å². The fourth-order valence-electron chi connectivity index (χ4n) is 3.32. The molecule has 1 fully saturated rings. The predicted octanol–water partition coefficient (Wildman–Crippen LogP) is 3.49. The number of rotatable bonds is 7. The van der Waals surface area contributed by atoms with Crippen LogP contribution in [0.5, 0.6) is 0 Å². The SMILES string of the molecule is CCNC(=NCCc1coc(-c2ccc(F)cc2)n1)N1CCC(OCC)CC1. The van der Waals surface area contributed by atoms with Gasteiger partial charge < -0.3 is 19.4 Å². The summed E-state index contributed by atoms with van der Waals surface area (Å²) in [6.45, 7) is 8.27. The first-order chi connectivity index (χ1) is 13.7. The zero-order valence-corrected chi connectivity index (χ0v) is 16.7. The van der Waals surface area contributed by atoms with Crippen molar-refractivity contribution in [2.75, 3.05) is 32.8 Å². The second-order valence-corrected chi connectivity index (χ2v) is 6.78. The molecule has 0 saturated carbocycles. The Hall–Kier alpha value is -2.41. The van der Waals surface area contributed by atoms with Crippen LogP contribution in [0.4, 0.5) is 4.39 Å².